The van der Waals surface area contributed by atoms with Crippen LogP contribution in [0, 0.1) is 13.8 Å². The molecule has 2 aromatic heterocycles. The van der Waals surface area contributed by atoms with Gasteiger partial charge in [0.05, 0.1) is 12.1 Å². The first-order valence-electron chi connectivity index (χ1n) is 17.0. The molecule has 46 heavy (non-hydrogen) atoms. The van der Waals surface area contributed by atoms with Crippen molar-refractivity contribution in [1.29, 1.82) is 0 Å². The Balaban J connectivity index is 1.31. The number of rotatable bonds is 10. The molecule has 1 N–H and O–H groups in total. The fraction of sp³-hybridized carbons (Fsp3) is 0.474. The molecule has 4 aromatic rings. The molecule has 6 rings (SSSR count). The summed E-state index contributed by atoms with van der Waals surface area (Å²) in [4.78, 5) is 28.4. The van der Waals surface area contributed by atoms with Crippen molar-refractivity contribution in [2.75, 3.05) is 62.2 Å². The van der Waals surface area contributed by atoms with Crippen LogP contribution in [0.3, 0.4) is 0 Å². The summed E-state index contributed by atoms with van der Waals surface area (Å²) in [6.07, 6.45) is 6.25. The molecule has 2 aromatic carbocycles. The Morgan fingerprint density at radius 1 is 0.913 bits per heavy atom. The summed E-state index contributed by atoms with van der Waals surface area (Å²) in [5.74, 6) is 0. The summed E-state index contributed by atoms with van der Waals surface area (Å²) in [6.45, 7) is 16.6. The molecule has 1 atom stereocenters. The van der Waals surface area contributed by atoms with Gasteiger partial charge >= 0.3 is 0 Å². The van der Waals surface area contributed by atoms with E-state index in [2.05, 4.69) is 105 Å². The molecule has 0 saturated carbocycles. The first-order chi connectivity index (χ1) is 22.3. The van der Waals surface area contributed by atoms with Gasteiger partial charge in [-0.05, 0) is 88.6 Å². The smallest absolute Gasteiger partial charge is 0.193 e. The Bertz CT molecular complexity index is 1680. The lowest BCUT2D eigenvalue weighted by Gasteiger charge is -2.40. The SMILES string of the molecule is Cc1ccc(N2CCC[C@H](N(Cc3ccnc(C)c3)Cc3cn(C(C)C)c4cc(N5CCN(CCO)CC5)ccc4c3=O)C2)cc1. The minimum atomic E-state index is 0.133. The van der Waals surface area contributed by atoms with Crippen molar-refractivity contribution in [3.05, 3.63) is 99.6 Å². The molecular weight excluding hydrogens is 572 g/mol. The van der Waals surface area contributed by atoms with Crippen LogP contribution >= 0.6 is 0 Å². The number of anilines is 2. The molecule has 2 fully saturated rings. The third-order valence-corrected chi connectivity index (χ3v) is 9.83. The number of pyridine rings is 2. The number of aromatic nitrogens is 2. The number of aryl methyl sites for hydroxylation is 2. The number of hydrogen-bond donors (Lipinski definition) is 1. The molecule has 244 valence electrons. The van der Waals surface area contributed by atoms with E-state index in [1.54, 1.807) is 0 Å². The van der Waals surface area contributed by atoms with E-state index in [-0.39, 0.29) is 18.1 Å². The Kier molecular flexibility index (Phi) is 10.1. The van der Waals surface area contributed by atoms with Crippen molar-refractivity contribution in [2.45, 2.75) is 65.7 Å². The van der Waals surface area contributed by atoms with E-state index in [0.29, 0.717) is 12.6 Å². The maximum Gasteiger partial charge on any atom is 0.193 e. The van der Waals surface area contributed by atoms with E-state index in [9.17, 15) is 9.90 Å². The van der Waals surface area contributed by atoms with Crippen LogP contribution in [0.25, 0.3) is 10.9 Å². The fourth-order valence-corrected chi connectivity index (χ4v) is 7.22. The molecule has 0 spiro atoms. The van der Waals surface area contributed by atoms with Crippen LogP contribution in [0.15, 0.2) is 71.8 Å². The van der Waals surface area contributed by atoms with Gasteiger partial charge in [0.2, 0.25) is 0 Å². The largest absolute Gasteiger partial charge is 0.395 e. The van der Waals surface area contributed by atoms with Gasteiger partial charge in [-0.15, -0.1) is 0 Å². The van der Waals surface area contributed by atoms with Crippen LogP contribution in [0.2, 0.25) is 0 Å². The quantitative estimate of drug-likeness (QED) is 0.255. The zero-order chi connectivity index (χ0) is 32.2. The van der Waals surface area contributed by atoms with Gasteiger partial charge in [-0.2, -0.15) is 0 Å². The first kappa shape index (κ1) is 32.2. The number of benzene rings is 2. The Morgan fingerprint density at radius 2 is 1.67 bits per heavy atom. The zero-order valence-corrected chi connectivity index (χ0v) is 28.0. The van der Waals surface area contributed by atoms with Gasteiger partial charge in [0.1, 0.15) is 0 Å². The standard InChI is InChI=1S/C38H50N6O2/c1-28(2)44-26-32(38(46)36-12-11-34(23-37(36)44)41-18-16-40(17-19-41)20-21-45)25-43(24-31-13-14-39-30(4)22-31)35-6-5-15-42(27-35)33-9-7-29(3)8-10-33/h7-14,22-23,26,28,35,45H,5-6,15-21,24-25,27H2,1-4H3/t35-/m0/s1. The van der Waals surface area contributed by atoms with Gasteiger partial charge in [-0.25, -0.2) is 0 Å². The summed E-state index contributed by atoms with van der Waals surface area (Å²) >= 11 is 0. The van der Waals surface area contributed by atoms with Crippen molar-refractivity contribution in [3.8, 4) is 0 Å². The van der Waals surface area contributed by atoms with Crippen LogP contribution in [0.5, 0.6) is 0 Å². The van der Waals surface area contributed by atoms with Crippen molar-refractivity contribution in [2.24, 2.45) is 0 Å². The molecule has 2 aliphatic rings. The molecule has 0 bridgehead atoms. The molecule has 4 heterocycles. The summed E-state index contributed by atoms with van der Waals surface area (Å²) in [5.41, 5.74) is 7.93. The minimum Gasteiger partial charge on any atom is -0.395 e. The predicted molar refractivity (Wildman–Crippen MR) is 189 cm³/mol. The number of fused-ring (bicyclic) bond motifs is 1. The van der Waals surface area contributed by atoms with E-state index in [1.807, 2.05) is 19.2 Å². The van der Waals surface area contributed by atoms with Crippen molar-refractivity contribution >= 4 is 22.3 Å². The number of aliphatic hydroxyl groups is 1. The van der Waals surface area contributed by atoms with Gasteiger partial charge < -0.3 is 19.5 Å². The third kappa shape index (κ3) is 7.30. The highest BCUT2D eigenvalue weighted by atomic mass is 16.3. The summed E-state index contributed by atoms with van der Waals surface area (Å²) in [6, 6.07) is 20.1. The van der Waals surface area contributed by atoms with Crippen LogP contribution in [-0.2, 0) is 13.1 Å². The average Bonchev–Trinajstić information content (AvgIpc) is 3.06. The van der Waals surface area contributed by atoms with E-state index < -0.39 is 0 Å². The second kappa shape index (κ2) is 14.4. The van der Waals surface area contributed by atoms with Gasteiger partial charge in [0.15, 0.2) is 5.43 Å². The van der Waals surface area contributed by atoms with E-state index in [4.69, 9.17) is 0 Å². The second-order valence-electron chi connectivity index (χ2n) is 13.5. The number of β-amino-alcohol motifs (C(OH)–C–C–N with tert-alkyl or cyclic N) is 1. The van der Waals surface area contributed by atoms with Gasteiger partial charge in [-0.1, -0.05) is 17.7 Å². The molecule has 0 amide bonds. The van der Waals surface area contributed by atoms with Crippen LogP contribution in [0.1, 0.15) is 55.1 Å². The number of nitrogens with zero attached hydrogens (tertiary/aromatic N) is 6. The lowest BCUT2D eigenvalue weighted by Crippen LogP contribution is -2.48. The number of piperazine rings is 1. The van der Waals surface area contributed by atoms with Gasteiger partial charge in [-0.3, -0.25) is 19.6 Å². The Hall–Kier alpha value is -3.72. The zero-order valence-electron chi connectivity index (χ0n) is 28.0. The topological polar surface area (TPSA) is 68.1 Å². The van der Waals surface area contributed by atoms with Crippen molar-refractivity contribution < 1.29 is 5.11 Å². The van der Waals surface area contributed by atoms with E-state index >= 15 is 0 Å². The maximum atomic E-state index is 14.2. The van der Waals surface area contributed by atoms with Crippen LogP contribution in [0.4, 0.5) is 11.4 Å². The van der Waals surface area contributed by atoms with Gasteiger partial charge in [0.25, 0.3) is 0 Å². The Morgan fingerprint density at radius 3 is 2.39 bits per heavy atom. The van der Waals surface area contributed by atoms with Crippen molar-refractivity contribution in [3.63, 3.8) is 0 Å². The number of piperidine rings is 1. The molecule has 8 nitrogen and oxygen atoms in total. The summed E-state index contributed by atoms with van der Waals surface area (Å²) < 4.78 is 2.30. The lowest BCUT2D eigenvalue weighted by molar-refractivity contribution is 0.158. The van der Waals surface area contributed by atoms with Crippen LogP contribution < -0.4 is 15.2 Å². The highest BCUT2D eigenvalue weighted by molar-refractivity contribution is 5.83. The molecule has 0 aliphatic carbocycles. The third-order valence-electron chi connectivity index (χ3n) is 9.83. The molecule has 8 heteroatoms. The second-order valence-corrected chi connectivity index (χ2v) is 13.5. The highest BCUT2D eigenvalue weighted by Gasteiger charge is 2.27. The molecular formula is C38H50N6O2. The summed E-state index contributed by atoms with van der Waals surface area (Å²) in [7, 11) is 0. The number of aliphatic hydroxyl groups excluding tert-OH is 1. The van der Waals surface area contributed by atoms with E-state index in [0.717, 1.165) is 93.0 Å². The monoisotopic (exact) mass is 622 g/mol. The fourth-order valence-electron chi connectivity index (χ4n) is 7.22. The molecule has 2 saturated heterocycles. The average molecular weight is 623 g/mol. The molecule has 2 aliphatic heterocycles. The first-order valence-corrected chi connectivity index (χ1v) is 17.0. The molecule has 0 radical (unpaired) electrons. The highest BCUT2D eigenvalue weighted by Crippen LogP contribution is 2.28. The normalized spacial score (nSPS) is 17.8. The molecule has 0 unspecified atom stereocenters. The lowest BCUT2D eigenvalue weighted by atomic mass is 10.0. The maximum absolute atomic E-state index is 14.2. The Labute approximate surface area is 273 Å². The number of hydrogen-bond acceptors (Lipinski definition) is 7. The van der Waals surface area contributed by atoms with Gasteiger partial charge in [0, 0.05) is 111 Å². The van der Waals surface area contributed by atoms with Crippen LogP contribution in [-0.4, -0.2) is 82.9 Å². The summed E-state index contributed by atoms with van der Waals surface area (Å²) in [5, 5.41) is 10.1. The van der Waals surface area contributed by atoms with Crippen molar-refractivity contribution in [1.82, 2.24) is 19.4 Å². The van der Waals surface area contributed by atoms with E-state index in [1.165, 1.54) is 16.8 Å². The minimum absolute atomic E-state index is 0.133. The predicted octanol–water partition coefficient (Wildman–Crippen LogP) is 5.38.